The van der Waals surface area contributed by atoms with Crippen molar-refractivity contribution in [2.24, 2.45) is 0 Å². The van der Waals surface area contributed by atoms with Crippen LogP contribution in [-0.2, 0) is 11.0 Å². The molecule has 1 aliphatic heterocycles. The molecule has 2 heterocycles. The Kier molecular flexibility index (Phi) is 5.27. The molecule has 152 valence electrons. The van der Waals surface area contributed by atoms with Gasteiger partial charge in [0.2, 0.25) is 5.91 Å². The molecule has 2 N–H and O–H groups in total. The summed E-state index contributed by atoms with van der Waals surface area (Å²) in [5, 5.41) is 2.67. The van der Waals surface area contributed by atoms with Gasteiger partial charge in [-0.05, 0) is 55.8 Å². The summed E-state index contributed by atoms with van der Waals surface area (Å²) in [4.78, 5) is 22.4. The van der Waals surface area contributed by atoms with Crippen molar-refractivity contribution in [3.8, 4) is 0 Å². The molecule has 0 saturated carbocycles. The first-order valence-electron chi connectivity index (χ1n) is 9.52. The number of amides is 1. The summed E-state index contributed by atoms with van der Waals surface area (Å²) in [6, 6.07) is 12.3. The van der Waals surface area contributed by atoms with E-state index in [-0.39, 0.29) is 18.4 Å². The number of fused-ring (bicyclic) bond motifs is 1. The largest absolute Gasteiger partial charge is 0.416 e. The van der Waals surface area contributed by atoms with Crippen LogP contribution in [0.4, 0.5) is 18.9 Å². The first-order valence-corrected chi connectivity index (χ1v) is 9.52. The number of para-hydroxylation sites is 2. The molecule has 0 radical (unpaired) electrons. The lowest BCUT2D eigenvalue weighted by molar-refractivity contribution is -0.137. The number of carbonyl (C=O) groups excluding carboxylic acids is 1. The third-order valence-corrected chi connectivity index (χ3v) is 5.16. The number of hydrogen-bond donors (Lipinski definition) is 2. The number of likely N-dealkylation sites (tertiary alicyclic amines) is 1. The average molecular weight is 402 g/mol. The van der Waals surface area contributed by atoms with Gasteiger partial charge in [-0.15, -0.1) is 0 Å². The molecule has 3 aromatic rings. The molecule has 0 aliphatic carbocycles. The molecule has 5 nitrogen and oxygen atoms in total. The summed E-state index contributed by atoms with van der Waals surface area (Å²) < 4.78 is 37.9. The van der Waals surface area contributed by atoms with Crippen molar-refractivity contribution in [1.82, 2.24) is 14.9 Å². The fourth-order valence-corrected chi connectivity index (χ4v) is 3.73. The van der Waals surface area contributed by atoms with Crippen LogP contribution in [-0.4, -0.2) is 40.4 Å². The van der Waals surface area contributed by atoms with E-state index in [2.05, 4.69) is 20.2 Å². The van der Waals surface area contributed by atoms with Gasteiger partial charge in [-0.3, -0.25) is 9.69 Å². The maximum Gasteiger partial charge on any atom is 0.416 e. The van der Waals surface area contributed by atoms with Crippen molar-refractivity contribution < 1.29 is 18.0 Å². The second kappa shape index (κ2) is 7.87. The number of halogens is 3. The maximum absolute atomic E-state index is 12.6. The quantitative estimate of drug-likeness (QED) is 0.680. The Balaban J connectivity index is 1.35. The van der Waals surface area contributed by atoms with Gasteiger partial charge in [0.1, 0.15) is 5.82 Å². The molecule has 8 heteroatoms. The summed E-state index contributed by atoms with van der Waals surface area (Å²) in [7, 11) is 0. The molecule has 0 spiro atoms. The lowest BCUT2D eigenvalue weighted by Crippen LogP contribution is -2.40. The Morgan fingerprint density at radius 2 is 1.93 bits per heavy atom. The van der Waals surface area contributed by atoms with Gasteiger partial charge in [0, 0.05) is 18.2 Å². The monoisotopic (exact) mass is 402 g/mol. The number of aromatic nitrogens is 2. The van der Waals surface area contributed by atoms with E-state index >= 15 is 0 Å². The molecule has 1 saturated heterocycles. The van der Waals surface area contributed by atoms with Gasteiger partial charge >= 0.3 is 6.18 Å². The summed E-state index contributed by atoms with van der Waals surface area (Å²) >= 11 is 0. The molecule has 4 rings (SSSR count). The van der Waals surface area contributed by atoms with Crippen molar-refractivity contribution >= 4 is 22.6 Å². The highest BCUT2D eigenvalue weighted by atomic mass is 19.4. The van der Waals surface area contributed by atoms with Crippen LogP contribution in [0, 0.1) is 0 Å². The Morgan fingerprint density at radius 1 is 1.17 bits per heavy atom. The number of imidazole rings is 1. The van der Waals surface area contributed by atoms with Gasteiger partial charge in [-0.1, -0.05) is 12.1 Å². The van der Waals surface area contributed by atoms with E-state index in [4.69, 9.17) is 0 Å². The Bertz CT molecular complexity index is 964. The predicted molar refractivity (Wildman–Crippen MR) is 105 cm³/mol. The Labute approximate surface area is 165 Å². The number of aromatic amines is 1. The highest BCUT2D eigenvalue weighted by Crippen LogP contribution is 2.30. The van der Waals surface area contributed by atoms with Gasteiger partial charge in [-0.25, -0.2) is 4.98 Å². The van der Waals surface area contributed by atoms with Gasteiger partial charge in [0.05, 0.1) is 23.1 Å². The average Bonchev–Trinajstić information content (AvgIpc) is 3.12. The molecule has 1 atom stereocenters. The van der Waals surface area contributed by atoms with Crippen molar-refractivity contribution in [3.05, 3.63) is 59.9 Å². The number of benzene rings is 2. The standard InChI is InChI=1S/C21H21F3N4O/c22-21(23,24)15-7-9-16(10-8-15)25-19(29)13-28-11-3-4-14(12-28)20-26-17-5-1-2-6-18(17)27-20/h1-2,5-10,14H,3-4,11-13H2,(H,25,29)(H,26,27)/t14-/m1/s1. The summed E-state index contributed by atoms with van der Waals surface area (Å²) in [5.74, 6) is 0.907. The minimum absolute atomic E-state index is 0.192. The number of anilines is 1. The van der Waals surface area contributed by atoms with Crippen LogP contribution >= 0.6 is 0 Å². The van der Waals surface area contributed by atoms with Crippen molar-refractivity contribution in [2.75, 3.05) is 25.0 Å². The van der Waals surface area contributed by atoms with E-state index in [0.29, 0.717) is 12.2 Å². The fraction of sp³-hybridized carbons (Fsp3) is 0.333. The number of piperidine rings is 1. The zero-order valence-electron chi connectivity index (χ0n) is 15.7. The minimum atomic E-state index is -4.39. The molecular formula is C21H21F3N4O. The minimum Gasteiger partial charge on any atom is -0.342 e. The SMILES string of the molecule is O=C(CN1CCC[C@@H](c2nc3ccccc3[nH]2)C1)Nc1ccc(C(F)(F)F)cc1. The summed E-state index contributed by atoms with van der Waals surface area (Å²) in [6.07, 6.45) is -2.44. The molecule has 1 amide bonds. The zero-order valence-corrected chi connectivity index (χ0v) is 15.7. The van der Waals surface area contributed by atoms with Crippen LogP contribution in [0.15, 0.2) is 48.5 Å². The van der Waals surface area contributed by atoms with Crippen LogP contribution in [0.2, 0.25) is 0 Å². The van der Waals surface area contributed by atoms with Gasteiger partial charge < -0.3 is 10.3 Å². The first kappa shape index (κ1) is 19.4. The van der Waals surface area contributed by atoms with E-state index in [0.717, 1.165) is 48.4 Å². The van der Waals surface area contributed by atoms with Crippen LogP contribution in [0.1, 0.15) is 30.1 Å². The second-order valence-electron chi connectivity index (χ2n) is 7.34. The number of nitrogens with one attached hydrogen (secondary N) is 2. The number of carbonyl (C=O) groups is 1. The van der Waals surface area contributed by atoms with Crippen LogP contribution in [0.25, 0.3) is 11.0 Å². The number of alkyl halides is 3. The first-order chi connectivity index (χ1) is 13.9. The fourth-order valence-electron chi connectivity index (χ4n) is 3.73. The zero-order chi connectivity index (χ0) is 20.4. The van der Waals surface area contributed by atoms with Crippen LogP contribution < -0.4 is 5.32 Å². The number of rotatable bonds is 4. The van der Waals surface area contributed by atoms with Crippen LogP contribution in [0.3, 0.4) is 0 Å². The molecule has 29 heavy (non-hydrogen) atoms. The lowest BCUT2D eigenvalue weighted by Gasteiger charge is -2.31. The lowest BCUT2D eigenvalue weighted by atomic mass is 9.97. The van der Waals surface area contributed by atoms with E-state index in [9.17, 15) is 18.0 Å². The number of nitrogens with zero attached hydrogens (tertiary/aromatic N) is 2. The Morgan fingerprint density at radius 3 is 2.66 bits per heavy atom. The van der Waals surface area contributed by atoms with Gasteiger partial charge in [0.15, 0.2) is 0 Å². The highest BCUT2D eigenvalue weighted by molar-refractivity contribution is 5.92. The molecule has 1 aliphatic rings. The maximum atomic E-state index is 12.6. The summed E-state index contributed by atoms with van der Waals surface area (Å²) in [6.45, 7) is 1.70. The van der Waals surface area contributed by atoms with Gasteiger partial charge in [0.25, 0.3) is 0 Å². The number of hydrogen-bond acceptors (Lipinski definition) is 3. The van der Waals surface area contributed by atoms with Crippen molar-refractivity contribution in [3.63, 3.8) is 0 Å². The molecule has 1 fully saturated rings. The summed E-state index contributed by atoms with van der Waals surface area (Å²) in [5.41, 5.74) is 1.55. The third kappa shape index (κ3) is 4.59. The van der Waals surface area contributed by atoms with E-state index in [1.165, 1.54) is 12.1 Å². The number of H-pyrrole nitrogens is 1. The molecule has 1 aromatic heterocycles. The molecule has 0 unspecified atom stereocenters. The molecule has 2 aromatic carbocycles. The predicted octanol–water partition coefficient (Wildman–Crippen LogP) is 4.40. The Hall–Kier alpha value is -2.87. The van der Waals surface area contributed by atoms with E-state index in [1.54, 1.807) is 0 Å². The van der Waals surface area contributed by atoms with E-state index in [1.807, 2.05) is 24.3 Å². The normalized spacial score (nSPS) is 18.1. The topological polar surface area (TPSA) is 61.0 Å². The second-order valence-corrected chi connectivity index (χ2v) is 7.34. The van der Waals surface area contributed by atoms with Crippen LogP contribution in [0.5, 0.6) is 0 Å². The molecular weight excluding hydrogens is 381 g/mol. The van der Waals surface area contributed by atoms with Crippen molar-refractivity contribution in [2.45, 2.75) is 24.9 Å². The van der Waals surface area contributed by atoms with Gasteiger partial charge in [-0.2, -0.15) is 13.2 Å². The smallest absolute Gasteiger partial charge is 0.342 e. The highest BCUT2D eigenvalue weighted by Gasteiger charge is 2.30. The molecule has 0 bridgehead atoms. The van der Waals surface area contributed by atoms with Crippen molar-refractivity contribution in [1.29, 1.82) is 0 Å². The van der Waals surface area contributed by atoms with E-state index < -0.39 is 11.7 Å². The third-order valence-electron chi connectivity index (χ3n) is 5.16.